The number of ether oxygens (including phenoxy) is 1. The van der Waals surface area contributed by atoms with Gasteiger partial charge in [0, 0.05) is 26.6 Å². The van der Waals surface area contributed by atoms with Crippen molar-refractivity contribution in [2.75, 3.05) is 32.8 Å². The fourth-order valence-electron chi connectivity index (χ4n) is 3.70. The number of hydrogen-bond donors (Lipinski definition) is 2. The van der Waals surface area contributed by atoms with Gasteiger partial charge in [-0.2, -0.15) is 0 Å². The van der Waals surface area contributed by atoms with Crippen molar-refractivity contribution in [2.45, 2.75) is 32.4 Å². The molecule has 0 saturated carbocycles. The lowest BCUT2D eigenvalue weighted by Crippen LogP contribution is -2.43. The van der Waals surface area contributed by atoms with Crippen LogP contribution in [0, 0.1) is 6.92 Å². The van der Waals surface area contributed by atoms with Crippen molar-refractivity contribution in [3.05, 3.63) is 71.3 Å². The summed E-state index contributed by atoms with van der Waals surface area (Å²) in [7, 11) is 0. The molecule has 6 heteroatoms. The number of benzene rings is 2. The number of hydrogen-bond acceptors (Lipinski definition) is 4. The van der Waals surface area contributed by atoms with Crippen LogP contribution >= 0.6 is 0 Å². The van der Waals surface area contributed by atoms with Gasteiger partial charge in [0.05, 0.1) is 31.7 Å². The molecule has 0 unspecified atom stereocenters. The number of nitrogens with one attached hydrogen (secondary N) is 2. The molecule has 0 spiro atoms. The number of carbonyl (C=O) groups excluding carboxylic acids is 2. The summed E-state index contributed by atoms with van der Waals surface area (Å²) in [5.74, 6) is -0.239. The molecule has 2 aromatic rings. The van der Waals surface area contributed by atoms with Gasteiger partial charge in [0.1, 0.15) is 0 Å². The summed E-state index contributed by atoms with van der Waals surface area (Å²) in [5, 5.41) is 6.10. The van der Waals surface area contributed by atoms with Crippen LogP contribution in [0.5, 0.6) is 0 Å². The van der Waals surface area contributed by atoms with Crippen LogP contribution in [0.2, 0.25) is 0 Å². The van der Waals surface area contributed by atoms with E-state index in [-0.39, 0.29) is 30.3 Å². The maximum atomic E-state index is 13.0. The highest BCUT2D eigenvalue weighted by Gasteiger charge is 2.23. The Kier molecular flexibility index (Phi) is 7.99. The predicted octanol–water partition coefficient (Wildman–Crippen LogP) is 2.75. The van der Waals surface area contributed by atoms with Gasteiger partial charge in [-0.05, 0) is 18.1 Å². The summed E-state index contributed by atoms with van der Waals surface area (Å²) < 4.78 is 5.45. The van der Waals surface area contributed by atoms with Crippen molar-refractivity contribution in [2.24, 2.45) is 0 Å². The largest absolute Gasteiger partial charge is 0.379 e. The standard InChI is InChI=1S/C24H31N3O3/c1-18-8-10-21(11-9-18)23(17-27-12-14-30-15-13-27)26-24(29)16-22(25-19(2)28)20-6-4-3-5-7-20/h3-11,22-23H,12-17H2,1-2H3,(H,25,28)(H,26,29)/t22-,23-/m0/s1. The van der Waals surface area contributed by atoms with E-state index in [1.807, 2.05) is 30.3 Å². The maximum absolute atomic E-state index is 13.0. The van der Waals surface area contributed by atoms with Crippen LogP contribution in [-0.2, 0) is 14.3 Å². The van der Waals surface area contributed by atoms with Crippen molar-refractivity contribution in [3.63, 3.8) is 0 Å². The molecule has 0 bridgehead atoms. The molecule has 6 nitrogen and oxygen atoms in total. The lowest BCUT2D eigenvalue weighted by atomic mass is 10.0. The van der Waals surface area contributed by atoms with Crippen molar-refractivity contribution in [1.29, 1.82) is 0 Å². The summed E-state index contributed by atoms with van der Waals surface area (Å²) in [4.78, 5) is 27.0. The van der Waals surface area contributed by atoms with Crippen LogP contribution in [0.25, 0.3) is 0 Å². The molecule has 0 aromatic heterocycles. The van der Waals surface area contributed by atoms with Gasteiger partial charge < -0.3 is 15.4 Å². The molecule has 2 atom stereocenters. The van der Waals surface area contributed by atoms with E-state index in [9.17, 15) is 9.59 Å². The van der Waals surface area contributed by atoms with E-state index >= 15 is 0 Å². The lowest BCUT2D eigenvalue weighted by Gasteiger charge is -2.31. The number of rotatable bonds is 8. The quantitative estimate of drug-likeness (QED) is 0.703. The molecule has 1 aliphatic heterocycles. The highest BCUT2D eigenvalue weighted by atomic mass is 16.5. The number of carbonyl (C=O) groups is 2. The molecule has 2 N–H and O–H groups in total. The molecule has 1 aliphatic rings. The van der Waals surface area contributed by atoms with Gasteiger partial charge >= 0.3 is 0 Å². The summed E-state index contributed by atoms with van der Waals surface area (Å²) in [6.07, 6.45) is 0.190. The Balaban J connectivity index is 1.72. The fourth-order valence-corrected chi connectivity index (χ4v) is 3.70. The zero-order valence-electron chi connectivity index (χ0n) is 17.8. The molecule has 1 fully saturated rings. The first kappa shape index (κ1) is 22.0. The normalized spacial score (nSPS) is 16.5. The van der Waals surface area contributed by atoms with Crippen molar-refractivity contribution < 1.29 is 14.3 Å². The summed E-state index contributed by atoms with van der Waals surface area (Å²) >= 11 is 0. The molecule has 3 rings (SSSR count). The Morgan fingerprint density at radius 3 is 2.20 bits per heavy atom. The Morgan fingerprint density at radius 1 is 0.933 bits per heavy atom. The van der Waals surface area contributed by atoms with Crippen molar-refractivity contribution in [1.82, 2.24) is 15.5 Å². The van der Waals surface area contributed by atoms with Crippen LogP contribution in [-0.4, -0.2) is 49.6 Å². The van der Waals surface area contributed by atoms with Crippen LogP contribution in [0.3, 0.4) is 0 Å². The third-order valence-electron chi connectivity index (χ3n) is 5.33. The van der Waals surface area contributed by atoms with Crippen molar-refractivity contribution in [3.8, 4) is 0 Å². The molecule has 0 radical (unpaired) electrons. The van der Waals surface area contributed by atoms with Crippen molar-refractivity contribution >= 4 is 11.8 Å². The highest BCUT2D eigenvalue weighted by molar-refractivity contribution is 5.79. The van der Waals surface area contributed by atoms with E-state index in [1.165, 1.54) is 12.5 Å². The van der Waals surface area contributed by atoms with Gasteiger partial charge in [-0.15, -0.1) is 0 Å². The summed E-state index contributed by atoms with van der Waals surface area (Å²) in [5.41, 5.74) is 3.18. The first-order chi connectivity index (χ1) is 14.5. The molecule has 160 valence electrons. The van der Waals surface area contributed by atoms with E-state index in [1.54, 1.807) is 0 Å². The van der Waals surface area contributed by atoms with E-state index in [0.717, 1.165) is 30.8 Å². The van der Waals surface area contributed by atoms with E-state index in [2.05, 4.69) is 46.7 Å². The lowest BCUT2D eigenvalue weighted by molar-refractivity contribution is -0.123. The minimum Gasteiger partial charge on any atom is -0.379 e. The Bertz CT molecular complexity index is 817. The average molecular weight is 410 g/mol. The van der Waals surface area contributed by atoms with Gasteiger partial charge in [0.15, 0.2) is 0 Å². The van der Waals surface area contributed by atoms with Crippen LogP contribution in [0.4, 0.5) is 0 Å². The molecule has 30 heavy (non-hydrogen) atoms. The SMILES string of the molecule is CC(=O)N[C@@H](CC(=O)N[C@@H](CN1CCOCC1)c1ccc(C)cc1)c1ccccc1. The minimum atomic E-state index is -0.356. The van der Waals surface area contributed by atoms with Gasteiger partial charge in [-0.1, -0.05) is 60.2 Å². The molecule has 2 amide bonds. The summed E-state index contributed by atoms with van der Waals surface area (Å²) in [6, 6.07) is 17.4. The smallest absolute Gasteiger partial charge is 0.222 e. The zero-order valence-corrected chi connectivity index (χ0v) is 17.8. The first-order valence-corrected chi connectivity index (χ1v) is 10.5. The predicted molar refractivity (Wildman–Crippen MR) is 117 cm³/mol. The van der Waals surface area contributed by atoms with E-state index in [4.69, 9.17) is 4.74 Å². The average Bonchev–Trinajstić information content (AvgIpc) is 2.74. The van der Waals surface area contributed by atoms with Crippen LogP contribution < -0.4 is 10.6 Å². The number of morpholine rings is 1. The highest BCUT2D eigenvalue weighted by Crippen LogP contribution is 2.20. The fraction of sp³-hybridized carbons (Fsp3) is 0.417. The second-order valence-corrected chi connectivity index (χ2v) is 7.81. The molecular weight excluding hydrogens is 378 g/mol. The van der Waals surface area contributed by atoms with Gasteiger partial charge in [0.2, 0.25) is 11.8 Å². The molecule has 1 heterocycles. The number of aryl methyl sites for hydroxylation is 1. The second kappa shape index (κ2) is 10.9. The second-order valence-electron chi connectivity index (χ2n) is 7.81. The van der Waals surface area contributed by atoms with E-state index in [0.29, 0.717) is 13.2 Å². The first-order valence-electron chi connectivity index (χ1n) is 10.5. The molecule has 2 aromatic carbocycles. The number of amides is 2. The van der Waals surface area contributed by atoms with Gasteiger partial charge in [-0.3, -0.25) is 14.5 Å². The van der Waals surface area contributed by atoms with Crippen LogP contribution in [0.1, 0.15) is 42.1 Å². The Labute approximate surface area is 178 Å². The molecular formula is C24H31N3O3. The topological polar surface area (TPSA) is 70.7 Å². The number of nitrogens with zero attached hydrogens (tertiary/aromatic N) is 1. The third-order valence-corrected chi connectivity index (χ3v) is 5.33. The van der Waals surface area contributed by atoms with E-state index < -0.39 is 0 Å². The van der Waals surface area contributed by atoms with Crippen LogP contribution in [0.15, 0.2) is 54.6 Å². The van der Waals surface area contributed by atoms with Gasteiger partial charge in [0.25, 0.3) is 0 Å². The maximum Gasteiger partial charge on any atom is 0.222 e. The monoisotopic (exact) mass is 409 g/mol. The molecule has 0 aliphatic carbocycles. The minimum absolute atomic E-state index is 0.0866. The summed E-state index contributed by atoms with van der Waals surface area (Å²) in [6.45, 7) is 7.40. The van der Waals surface area contributed by atoms with Gasteiger partial charge in [-0.25, -0.2) is 0 Å². The Hall–Kier alpha value is -2.70. The zero-order chi connectivity index (χ0) is 21.3. The molecule has 1 saturated heterocycles. The third kappa shape index (κ3) is 6.68. The Morgan fingerprint density at radius 2 is 1.57 bits per heavy atom.